The summed E-state index contributed by atoms with van der Waals surface area (Å²) in [6, 6.07) is 0. The van der Waals surface area contributed by atoms with Crippen molar-refractivity contribution in [1.29, 1.82) is 5.41 Å². The number of aliphatic imine (C=N–C) groups is 1. The second kappa shape index (κ2) is 14.3. The summed E-state index contributed by atoms with van der Waals surface area (Å²) in [6.07, 6.45) is 15.5. The van der Waals surface area contributed by atoms with Gasteiger partial charge >= 0.3 is 0 Å². The number of nitrogens with one attached hydrogen (secondary N) is 2. The van der Waals surface area contributed by atoms with Gasteiger partial charge in [0.25, 0.3) is 0 Å². The van der Waals surface area contributed by atoms with Crippen LogP contribution in [-0.4, -0.2) is 12.2 Å². The van der Waals surface area contributed by atoms with Crippen molar-refractivity contribution < 1.29 is 0 Å². The van der Waals surface area contributed by atoms with Crippen molar-refractivity contribution in [1.82, 2.24) is 5.32 Å². The fourth-order valence-corrected chi connectivity index (χ4v) is 2.35. The monoisotopic (exact) mass is 279 g/mol. The van der Waals surface area contributed by atoms with Crippen molar-refractivity contribution in [2.24, 2.45) is 10.9 Å². The van der Waals surface area contributed by atoms with E-state index in [4.69, 9.17) is 5.41 Å². The van der Waals surface area contributed by atoms with Crippen LogP contribution in [0.3, 0.4) is 0 Å². The van der Waals surface area contributed by atoms with Crippen molar-refractivity contribution >= 4 is 12.2 Å². The Bertz CT molecular complexity index is 259. The van der Waals surface area contributed by atoms with Gasteiger partial charge in [-0.25, -0.2) is 4.99 Å². The Morgan fingerprint density at radius 1 is 1.05 bits per heavy atom. The first-order valence-electron chi connectivity index (χ1n) is 8.23. The summed E-state index contributed by atoms with van der Waals surface area (Å²) in [5, 5.41) is 11.1. The fourth-order valence-electron chi connectivity index (χ4n) is 2.35. The Balaban J connectivity index is 4.10. The van der Waals surface area contributed by atoms with Crippen LogP contribution in [0.15, 0.2) is 17.8 Å². The van der Waals surface area contributed by atoms with Crippen LogP contribution >= 0.6 is 0 Å². The molecular weight excluding hydrogens is 246 g/mol. The van der Waals surface area contributed by atoms with Gasteiger partial charge in [0.1, 0.15) is 5.84 Å². The summed E-state index contributed by atoms with van der Waals surface area (Å²) in [5.41, 5.74) is 0. The molecule has 0 spiro atoms. The minimum atomic E-state index is 0.361. The smallest absolute Gasteiger partial charge is 0.101 e. The zero-order valence-corrected chi connectivity index (χ0v) is 13.5. The fraction of sp³-hybridized carbons (Fsp3) is 0.765. The van der Waals surface area contributed by atoms with Crippen LogP contribution in [0.1, 0.15) is 78.1 Å². The summed E-state index contributed by atoms with van der Waals surface area (Å²) in [5.74, 6) is 0.976. The first kappa shape index (κ1) is 18.9. The molecule has 2 N–H and O–H groups in total. The van der Waals surface area contributed by atoms with E-state index in [-0.39, 0.29) is 0 Å². The van der Waals surface area contributed by atoms with Crippen molar-refractivity contribution in [3.8, 4) is 0 Å². The van der Waals surface area contributed by atoms with E-state index in [0.29, 0.717) is 11.8 Å². The van der Waals surface area contributed by atoms with E-state index < -0.39 is 0 Å². The molecule has 0 atom stereocenters. The van der Waals surface area contributed by atoms with Crippen LogP contribution < -0.4 is 5.32 Å². The predicted molar refractivity (Wildman–Crippen MR) is 90.6 cm³/mol. The molecule has 0 radical (unpaired) electrons. The predicted octanol–water partition coefficient (Wildman–Crippen LogP) is 5.28. The lowest BCUT2D eigenvalue weighted by atomic mass is 9.93. The standard InChI is InChI=1S/C17H33N3/c1-4-7-9-11-13-16(14-12-10-8-5-2)17(18)20-15-19-6-3/h6,15-16H,3-5,7-14H2,1-2H3,(H2,18,19,20). The molecule has 0 unspecified atom stereocenters. The molecule has 0 aromatic heterocycles. The highest BCUT2D eigenvalue weighted by Gasteiger charge is 2.13. The molecule has 20 heavy (non-hydrogen) atoms. The maximum absolute atomic E-state index is 8.15. The van der Waals surface area contributed by atoms with Gasteiger partial charge in [0, 0.05) is 12.1 Å². The third kappa shape index (κ3) is 10.8. The van der Waals surface area contributed by atoms with Crippen LogP contribution in [0.5, 0.6) is 0 Å². The summed E-state index contributed by atoms with van der Waals surface area (Å²) in [7, 11) is 0. The largest absolute Gasteiger partial charge is 0.335 e. The second-order valence-electron chi connectivity index (χ2n) is 5.41. The molecule has 0 amide bonds. The van der Waals surface area contributed by atoms with Gasteiger partial charge in [-0.3, -0.25) is 5.41 Å². The van der Waals surface area contributed by atoms with Gasteiger partial charge in [0.05, 0.1) is 6.34 Å². The van der Waals surface area contributed by atoms with Gasteiger partial charge in [-0.2, -0.15) is 0 Å². The van der Waals surface area contributed by atoms with Gasteiger partial charge in [-0.1, -0.05) is 71.8 Å². The molecule has 0 aliphatic carbocycles. The van der Waals surface area contributed by atoms with E-state index in [0.717, 1.165) is 12.8 Å². The summed E-state index contributed by atoms with van der Waals surface area (Å²) in [4.78, 5) is 3.90. The number of nitrogens with zero attached hydrogens (tertiary/aromatic N) is 1. The summed E-state index contributed by atoms with van der Waals surface area (Å²) >= 11 is 0. The average molecular weight is 279 g/mol. The van der Waals surface area contributed by atoms with Crippen LogP contribution in [0.25, 0.3) is 0 Å². The van der Waals surface area contributed by atoms with Crippen LogP contribution in [0.2, 0.25) is 0 Å². The molecule has 0 saturated carbocycles. The first-order chi connectivity index (χ1) is 9.76. The maximum Gasteiger partial charge on any atom is 0.101 e. The molecule has 116 valence electrons. The maximum atomic E-state index is 8.15. The van der Waals surface area contributed by atoms with Crippen LogP contribution in [0, 0.1) is 11.3 Å². The second-order valence-corrected chi connectivity index (χ2v) is 5.41. The molecule has 0 heterocycles. The summed E-state index contributed by atoms with van der Waals surface area (Å²) < 4.78 is 0. The Morgan fingerprint density at radius 2 is 1.60 bits per heavy atom. The zero-order chi connectivity index (χ0) is 15.1. The minimum absolute atomic E-state index is 0.361. The molecule has 0 rings (SSSR count). The Hall–Kier alpha value is -1.12. The van der Waals surface area contributed by atoms with E-state index in [2.05, 4.69) is 30.7 Å². The minimum Gasteiger partial charge on any atom is -0.335 e. The zero-order valence-electron chi connectivity index (χ0n) is 13.5. The lowest BCUT2D eigenvalue weighted by Gasteiger charge is -2.17. The van der Waals surface area contributed by atoms with Crippen molar-refractivity contribution in [3.63, 3.8) is 0 Å². The van der Waals surface area contributed by atoms with E-state index in [1.54, 1.807) is 6.34 Å². The van der Waals surface area contributed by atoms with Crippen molar-refractivity contribution in [2.75, 3.05) is 0 Å². The normalized spacial score (nSPS) is 11.2. The Morgan fingerprint density at radius 3 is 2.05 bits per heavy atom. The average Bonchev–Trinajstić information content (AvgIpc) is 2.45. The number of rotatable bonds is 13. The Kier molecular flexibility index (Phi) is 13.5. The molecule has 3 heteroatoms. The molecular formula is C17H33N3. The molecule has 0 aromatic carbocycles. The number of hydrogen-bond donors (Lipinski definition) is 2. The Labute approximate surface area is 125 Å². The highest BCUT2D eigenvalue weighted by Crippen LogP contribution is 2.18. The lowest BCUT2D eigenvalue weighted by Crippen LogP contribution is -2.29. The van der Waals surface area contributed by atoms with Gasteiger partial charge < -0.3 is 5.32 Å². The lowest BCUT2D eigenvalue weighted by molar-refractivity contribution is 0.487. The topological polar surface area (TPSA) is 48.2 Å². The van der Waals surface area contributed by atoms with Gasteiger partial charge in [-0.05, 0) is 12.8 Å². The van der Waals surface area contributed by atoms with E-state index in [9.17, 15) is 0 Å². The van der Waals surface area contributed by atoms with E-state index in [1.165, 1.54) is 57.6 Å². The third-order valence-electron chi connectivity index (χ3n) is 3.62. The molecule has 0 aromatic rings. The highest BCUT2D eigenvalue weighted by atomic mass is 15.0. The van der Waals surface area contributed by atoms with Gasteiger partial charge in [0.2, 0.25) is 0 Å². The first-order valence-corrected chi connectivity index (χ1v) is 8.23. The van der Waals surface area contributed by atoms with Crippen LogP contribution in [-0.2, 0) is 0 Å². The molecule has 0 aliphatic heterocycles. The number of amidine groups is 1. The molecule has 0 fully saturated rings. The van der Waals surface area contributed by atoms with Crippen LogP contribution in [0.4, 0.5) is 0 Å². The number of unbranched alkanes of at least 4 members (excludes halogenated alkanes) is 6. The van der Waals surface area contributed by atoms with Crippen molar-refractivity contribution in [3.05, 3.63) is 12.8 Å². The third-order valence-corrected chi connectivity index (χ3v) is 3.62. The molecule has 0 saturated heterocycles. The van der Waals surface area contributed by atoms with Gasteiger partial charge in [0.15, 0.2) is 0 Å². The quantitative estimate of drug-likeness (QED) is 0.269. The van der Waals surface area contributed by atoms with Crippen molar-refractivity contribution in [2.45, 2.75) is 78.1 Å². The van der Waals surface area contributed by atoms with E-state index in [1.807, 2.05) is 0 Å². The van der Waals surface area contributed by atoms with Gasteiger partial charge in [-0.15, -0.1) is 0 Å². The van der Waals surface area contributed by atoms with E-state index >= 15 is 0 Å². The number of hydrogen-bond acceptors (Lipinski definition) is 2. The molecule has 3 nitrogen and oxygen atoms in total. The summed E-state index contributed by atoms with van der Waals surface area (Å²) in [6.45, 7) is 8.00. The molecule has 0 aliphatic rings. The SMILES string of the molecule is C=CN=CNC(=N)C(CCCCCC)CCCCCC. The molecule has 0 bridgehead atoms. The highest BCUT2D eigenvalue weighted by molar-refractivity contribution is 5.91.